The van der Waals surface area contributed by atoms with E-state index < -0.39 is 0 Å². The van der Waals surface area contributed by atoms with Crippen LogP contribution in [-0.4, -0.2) is 30.1 Å². The quantitative estimate of drug-likeness (QED) is 0.867. The lowest BCUT2D eigenvalue weighted by Crippen LogP contribution is -2.37. The Hall–Kier alpha value is -0.380. The Morgan fingerprint density at radius 2 is 2.25 bits per heavy atom. The van der Waals surface area contributed by atoms with Gasteiger partial charge in [-0.15, -0.1) is 11.3 Å². The van der Waals surface area contributed by atoms with Gasteiger partial charge in [0.15, 0.2) is 0 Å². The lowest BCUT2D eigenvalue weighted by atomic mass is 10.2. The summed E-state index contributed by atoms with van der Waals surface area (Å²) in [6.45, 7) is 9.20. The average Bonchev–Trinajstić information content (AvgIpc) is 2.84. The fourth-order valence-electron chi connectivity index (χ4n) is 2.46. The summed E-state index contributed by atoms with van der Waals surface area (Å²) in [6.07, 6.45) is 1.29. The number of thiophene rings is 1. The standard InChI is InChI=1S/C13H22N2S/c1-10(2)14-12-6-7-15(9-12)11(3)13-5-4-8-16-13/h4-5,8,10-12,14H,6-7,9H2,1-3H3. The van der Waals surface area contributed by atoms with E-state index >= 15 is 0 Å². The number of nitrogens with one attached hydrogen (secondary N) is 1. The second kappa shape index (κ2) is 5.30. The number of hydrogen-bond donors (Lipinski definition) is 1. The third-order valence-electron chi connectivity index (χ3n) is 3.29. The molecule has 1 aromatic heterocycles. The Bertz CT molecular complexity index is 308. The Balaban J connectivity index is 1.88. The normalized spacial score (nSPS) is 24.1. The van der Waals surface area contributed by atoms with Gasteiger partial charge in [0, 0.05) is 36.1 Å². The molecule has 3 heteroatoms. The van der Waals surface area contributed by atoms with Crippen molar-refractivity contribution in [3.8, 4) is 0 Å². The molecule has 0 radical (unpaired) electrons. The Morgan fingerprint density at radius 3 is 2.88 bits per heavy atom. The minimum Gasteiger partial charge on any atom is -0.310 e. The zero-order valence-corrected chi connectivity index (χ0v) is 11.3. The zero-order valence-electron chi connectivity index (χ0n) is 10.4. The van der Waals surface area contributed by atoms with Crippen molar-refractivity contribution in [3.05, 3.63) is 22.4 Å². The number of rotatable bonds is 4. The summed E-state index contributed by atoms with van der Waals surface area (Å²) >= 11 is 1.87. The molecule has 1 N–H and O–H groups in total. The highest BCUT2D eigenvalue weighted by Crippen LogP contribution is 2.27. The molecule has 2 unspecified atom stereocenters. The second-order valence-electron chi connectivity index (χ2n) is 4.99. The lowest BCUT2D eigenvalue weighted by molar-refractivity contribution is 0.257. The molecule has 1 aliphatic heterocycles. The van der Waals surface area contributed by atoms with Crippen molar-refractivity contribution < 1.29 is 0 Å². The van der Waals surface area contributed by atoms with E-state index in [9.17, 15) is 0 Å². The Labute approximate surface area is 103 Å². The van der Waals surface area contributed by atoms with Crippen LogP contribution >= 0.6 is 11.3 Å². The highest BCUT2D eigenvalue weighted by Gasteiger charge is 2.27. The molecular weight excluding hydrogens is 216 g/mol. The number of hydrogen-bond acceptors (Lipinski definition) is 3. The van der Waals surface area contributed by atoms with Crippen molar-refractivity contribution in [3.63, 3.8) is 0 Å². The Kier molecular flexibility index (Phi) is 4.00. The van der Waals surface area contributed by atoms with Crippen LogP contribution in [0.15, 0.2) is 17.5 Å². The maximum Gasteiger partial charge on any atom is 0.0413 e. The smallest absolute Gasteiger partial charge is 0.0413 e. The van der Waals surface area contributed by atoms with Crippen LogP contribution in [0, 0.1) is 0 Å². The predicted octanol–water partition coefficient (Wildman–Crippen LogP) is 2.88. The van der Waals surface area contributed by atoms with Crippen molar-refractivity contribution in [2.24, 2.45) is 0 Å². The van der Waals surface area contributed by atoms with Gasteiger partial charge in [-0.25, -0.2) is 0 Å². The second-order valence-corrected chi connectivity index (χ2v) is 5.97. The van der Waals surface area contributed by atoms with Crippen molar-refractivity contribution in [1.29, 1.82) is 0 Å². The highest BCUT2D eigenvalue weighted by atomic mass is 32.1. The van der Waals surface area contributed by atoms with E-state index in [0.717, 1.165) is 0 Å². The first-order valence-corrected chi connectivity index (χ1v) is 7.08. The summed E-state index contributed by atoms with van der Waals surface area (Å²) < 4.78 is 0. The van der Waals surface area contributed by atoms with E-state index in [2.05, 4.69) is 48.5 Å². The van der Waals surface area contributed by atoms with Crippen LogP contribution in [0.2, 0.25) is 0 Å². The first kappa shape index (κ1) is 12.1. The molecule has 1 aromatic rings. The molecule has 0 aromatic carbocycles. The summed E-state index contributed by atoms with van der Waals surface area (Å²) in [5, 5.41) is 5.81. The zero-order chi connectivity index (χ0) is 11.5. The van der Waals surface area contributed by atoms with Crippen molar-refractivity contribution >= 4 is 11.3 Å². The first-order chi connectivity index (χ1) is 7.66. The Morgan fingerprint density at radius 1 is 1.44 bits per heavy atom. The van der Waals surface area contributed by atoms with Crippen LogP contribution < -0.4 is 5.32 Å². The molecule has 1 fully saturated rings. The van der Waals surface area contributed by atoms with Crippen molar-refractivity contribution in [2.45, 2.75) is 45.3 Å². The van der Waals surface area contributed by atoms with E-state index in [1.54, 1.807) is 0 Å². The van der Waals surface area contributed by atoms with Crippen LogP contribution in [0.25, 0.3) is 0 Å². The van der Waals surface area contributed by atoms with Gasteiger partial charge >= 0.3 is 0 Å². The van der Waals surface area contributed by atoms with E-state index in [1.165, 1.54) is 24.4 Å². The third kappa shape index (κ3) is 2.84. The molecule has 2 rings (SSSR count). The third-order valence-corrected chi connectivity index (χ3v) is 4.33. The largest absolute Gasteiger partial charge is 0.310 e. The van der Waals surface area contributed by atoms with Crippen LogP contribution in [0.5, 0.6) is 0 Å². The molecule has 2 nitrogen and oxygen atoms in total. The van der Waals surface area contributed by atoms with Gasteiger partial charge in [-0.05, 0) is 24.8 Å². The lowest BCUT2D eigenvalue weighted by Gasteiger charge is -2.24. The van der Waals surface area contributed by atoms with Crippen LogP contribution in [0.3, 0.4) is 0 Å². The summed E-state index contributed by atoms with van der Waals surface area (Å²) in [7, 11) is 0. The first-order valence-electron chi connectivity index (χ1n) is 6.20. The van der Waals surface area contributed by atoms with E-state index in [0.29, 0.717) is 18.1 Å². The topological polar surface area (TPSA) is 15.3 Å². The van der Waals surface area contributed by atoms with Gasteiger partial charge in [0.2, 0.25) is 0 Å². The molecule has 0 saturated carbocycles. The average molecular weight is 238 g/mol. The summed E-state index contributed by atoms with van der Waals surface area (Å²) in [5.41, 5.74) is 0. The molecule has 0 aliphatic carbocycles. The van der Waals surface area contributed by atoms with Crippen LogP contribution in [-0.2, 0) is 0 Å². The van der Waals surface area contributed by atoms with Gasteiger partial charge in [0.25, 0.3) is 0 Å². The molecule has 2 heterocycles. The molecule has 0 amide bonds. The van der Waals surface area contributed by atoms with E-state index in [1.807, 2.05) is 11.3 Å². The van der Waals surface area contributed by atoms with Crippen molar-refractivity contribution in [1.82, 2.24) is 10.2 Å². The van der Waals surface area contributed by atoms with Crippen LogP contribution in [0.4, 0.5) is 0 Å². The van der Waals surface area contributed by atoms with Crippen molar-refractivity contribution in [2.75, 3.05) is 13.1 Å². The van der Waals surface area contributed by atoms with Gasteiger partial charge in [-0.3, -0.25) is 4.90 Å². The van der Waals surface area contributed by atoms with Gasteiger partial charge in [0.05, 0.1) is 0 Å². The fraction of sp³-hybridized carbons (Fsp3) is 0.692. The van der Waals surface area contributed by atoms with Crippen LogP contribution in [0.1, 0.15) is 38.1 Å². The molecule has 0 bridgehead atoms. The van der Waals surface area contributed by atoms with E-state index in [-0.39, 0.29) is 0 Å². The molecule has 16 heavy (non-hydrogen) atoms. The van der Waals surface area contributed by atoms with Gasteiger partial charge in [-0.2, -0.15) is 0 Å². The summed E-state index contributed by atoms with van der Waals surface area (Å²) in [5.74, 6) is 0. The molecule has 2 atom stereocenters. The summed E-state index contributed by atoms with van der Waals surface area (Å²) in [4.78, 5) is 4.08. The molecule has 1 saturated heterocycles. The minimum atomic E-state index is 0.582. The fourth-order valence-corrected chi connectivity index (χ4v) is 3.27. The van der Waals surface area contributed by atoms with Gasteiger partial charge in [0.1, 0.15) is 0 Å². The highest BCUT2D eigenvalue weighted by molar-refractivity contribution is 7.10. The molecular formula is C13H22N2S. The summed E-state index contributed by atoms with van der Waals surface area (Å²) in [6, 6.07) is 6.26. The van der Waals surface area contributed by atoms with E-state index in [4.69, 9.17) is 0 Å². The molecule has 90 valence electrons. The monoisotopic (exact) mass is 238 g/mol. The maximum atomic E-state index is 3.63. The predicted molar refractivity (Wildman–Crippen MR) is 71.0 cm³/mol. The minimum absolute atomic E-state index is 0.582. The number of nitrogens with zero attached hydrogens (tertiary/aromatic N) is 1. The maximum absolute atomic E-state index is 3.63. The van der Waals surface area contributed by atoms with Gasteiger partial charge < -0.3 is 5.32 Å². The number of likely N-dealkylation sites (tertiary alicyclic amines) is 1. The SMILES string of the molecule is CC(C)NC1CCN(C(C)c2cccs2)C1. The molecule has 0 spiro atoms. The van der Waals surface area contributed by atoms with Gasteiger partial charge in [-0.1, -0.05) is 19.9 Å². The molecule has 1 aliphatic rings.